The average Bonchev–Trinajstić information content (AvgIpc) is 2.55. The predicted molar refractivity (Wildman–Crippen MR) is 93.2 cm³/mol. The number of carbonyl (C=O) groups is 1. The summed E-state index contributed by atoms with van der Waals surface area (Å²) in [6.45, 7) is 4.11. The van der Waals surface area contributed by atoms with E-state index >= 15 is 0 Å². The lowest BCUT2D eigenvalue weighted by Crippen LogP contribution is -1.94. The highest BCUT2D eigenvalue weighted by atomic mass is 16.1. The van der Waals surface area contributed by atoms with Crippen LogP contribution in [0.25, 0.3) is 16.8 Å². The highest BCUT2D eigenvalue weighted by molar-refractivity contribution is 6.08. The third kappa shape index (κ3) is 2.99. The van der Waals surface area contributed by atoms with E-state index in [0.29, 0.717) is 0 Å². The van der Waals surface area contributed by atoms with Crippen LogP contribution < -0.4 is 0 Å². The van der Waals surface area contributed by atoms with Gasteiger partial charge in [-0.2, -0.15) is 0 Å². The Bertz CT molecular complexity index is 872. The molecule has 1 heteroatoms. The lowest BCUT2D eigenvalue weighted by molar-refractivity contribution is 0.104. The summed E-state index contributed by atoms with van der Waals surface area (Å²) in [6.07, 6.45) is 3.56. The molecular weight excluding hydrogens is 268 g/mol. The normalized spacial score (nSPS) is 11.2. The SMILES string of the molecule is Cc1ccc(C)c(C=CC(=O)c2ccc3ccccc3c2)c1. The van der Waals surface area contributed by atoms with Crippen LogP contribution in [0.15, 0.2) is 66.7 Å². The number of fused-ring (bicyclic) bond motifs is 1. The van der Waals surface area contributed by atoms with Crippen LogP contribution in [0.2, 0.25) is 0 Å². The maximum Gasteiger partial charge on any atom is 0.185 e. The van der Waals surface area contributed by atoms with Crippen LogP contribution >= 0.6 is 0 Å². The van der Waals surface area contributed by atoms with E-state index in [0.717, 1.165) is 21.9 Å². The fourth-order valence-corrected chi connectivity index (χ4v) is 2.54. The van der Waals surface area contributed by atoms with Crippen molar-refractivity contribution in [2.45, 2.75) is 13.8 Å². The van der Waals surface area contributed by atoms with Gasteiger partial charge in [-0.3, -0.25) is 4.79 Å². The molecule has 1 nitrogen and oxygen atoms in total. The number of aryl methyl sites for hydroxylation is 2. The van der Waals surface area contributed by atoms with E-state index in [1.54, 1.807) is 6.08 Å². The summed E-state index contributed by atoms with van der Waals surface area (Å²) in [5, 5.41) is 2.24. The third-order valence-electron chi connectivity index (χ3n) is 3.88. The van der Waals surface area contributed by atoms with E-state index in [1.807, 2.05) is 42.5 Å². The molecule has 0 unspecified atom stereocenters. The molecule has 3 aromatic carbocycles. The molecule has 108 valence electrons. The summed E-state index contributed by atoms with van der Waals surface area (Å²) >= 11 is 0. The topological polar surface area (TPSA) is 17.1 Å². The molecule has 0 radical (unpaired) electrons. The number of hydrogen-bond donors (Lipinski definition) is 0. The second-order valence-corrected chi connectivity index (χ2v) is 5.62. The molecule has 22 heavy (non-hydrogen) atoms. The van der Waals surface area contributed by atoms with Crippen LogP contribution in [0, 0.1) is 13.8 Å². The van der Waals surface area contributed by atoms with Gasteiger partial charge in [0.15, 0.2) is 5.78 Å². The van der Waals surface area contributed by atoms with Gasteiger partial charge in [0.1, 0.15) is 0 Å². The Labute approximate surface area is 130 Å². The molecule has 0 aliphatic rings. The Kier molecular flexibility index (Phi) is 3.88. The Hall–Kier alpha value is -2.67. The Morgan fingerprint density at radius 2 is 1.64 bits per heavy atom. The van der Waals surface area contributed by atoms with Gasteiger partial charge in [-0.05, 0) is 47.9 Å². The minimum absolute atomic E-state index is 0.0339. The first kappa shape index (κ1) is 14.3. The zero-order valence-corrected chi connectivity index (χ0v) is 12.8. The van der Waals surface area contributed by atoms with E-state index in [1.165, 1.54) is 11.1 Å². The van der Waals surface area contributed by atoms with Crippen molar-refractivity contribution in [3.63, 3.8) is 0 Å². The van der Waals surface area contributed by atoms with Crippen LogP contribution in [0.1, 0.15) is 27.0 Å². The summed E-state index contributed by atoms with van der Waals surface area (Å²) in [6, 6.07) is 20.2. The highest BCUT2D eigenvalue weighted by Gasteiger charge is 2.03. The van der Waals surface area contributed by atoms with Crippen LogP contribution in [0.5, 0.6) is 0 Å². The standard InChI is InChI=1S/C21H18O/c1-15-7-8-16(2)18(13-15)11-12-21(22)20-10-9-17-5-3-4-6-19(17)14-20/h3-14H,1-2H3. The minimum atomic E-state index is 0.0339. The number of allylic oxidation sites excluding steroid dienone is 1. The molecule has 3 aromatic rings. The highest BCUT2D eigenvalue weighted by Crippen LogP contribution is 2.17. The van der Waals surface area contributed by atoms with Gasteiger partial charge in [-0.1, -0.05) is 66.2 Å². The molecule has 0 N–H and O–H groups in total. The summed E-state index contributed by atoms with van der Waals surface area (Å²) in [5.74, 6) is 0.0339. The molecule has 0 amide bonds. The Morgan fingerprint density at radius 3 is 2.45 bits per heavy atom. The van der Waals surface area contributed by atoms with Gasteiger partial charge in [-0.15, -0.1) is 0 Å². The first-order valence-electron chi connectivity index (χ1n) is 7.42. The van der Waals surface area contributed by atoms with E-state index in [4.69, 9.17) is 0 Å². The summed E-state index contributed by atoms with van der Waals surface area (Å²) in [4.78, 5) is 12.4. The van der Waals surface area contributed by atoms with Crippen molar-refractivity contribution in [2.75, 3.05) is 0 Å². The van der Waals surface area contributed by atoms with Crippen molar-refractivity contribution in [3.05, 3.63) is 89.0 Å². The predicted octanol–water partition coefficient (Wildman–Crippen LogP) is 5.35. The first-order valence-corrected chi connectivity index (χ1v) is 7.42. The lowest BCUT2D eigenvalue weighted by atomic mass is 10.0. The number of benzene rings is 3. The van der Waals surface area contributed by atoms with E-state index < -0.39 is 0 Å². The average molecular weight is 286 g/mol. The van der Waals surface area contributed by atoms with Crippen molar-refractivity contribution >= 4 is 22.6 Å². The van der Waals surface area contributed by atoms with Gasteiger partial charge in [0.25, 0.3) is 0 Å². The number of carbonyl (C=O) groups excluding carboxylic acids is 1. The summed E-state index contributed by atoms with van der Waals surface area (Å²) in [7, 11) is 0. The second-order valence-electron chi connectivity index (χ2n) is 5.62. The first-order chi connectivity index (χ1) is 10.6. The molecule has 0 aliphatic carbocycles. The molecule has 0 fully saturated rings. The fraction of sp³-hybridized carbons (Fsp3) is 0.0952. The maximum atomic E-state index is 12.4. The van der Waals surface area contributed by atoms with Crippen LogP contribution in [0.4, 0.5) is 0 Å². The lowest BCUT2D eigenvalue weighted by Gasteiger charge is -2.02. The Morgan fingerprint density at radius 1 is 0.864 bits per heavy atom. The van der Waals surface area contributed by atoms with Crippen molar-refractivity contribution in [3.8, 4) is 0 Å². The van der Waals surface area contributed by atoms with E-state index in [2.05, 4.69) is 38.1 Å². The summed E-state index contributed by atoms with van der Waals surface area (Å²) < 4.78 is 0. The Balaban J connectivity index is 1.89. The monoisotopic (exact) mass is 286 g/mol. The van der Waals surface area contributed by atoms with Gasteiger partial charge in [0.05, 0.1) is 0 Å². The molecule has 0 bridgehead atoms. The molecule has 0 heterocycles. The largest absolute Gasteiger partial charge is 0.289 e. The number of hydrogen-bond acceptors (Lipinski definition) is 1. The van der Waals surface area contributed by atoms with Crippen LogP contribution in [-0.2, 0) is 0 Å². The van der Waals surface area contributed by atoms with Gasteiger partial charge in [0, 0.05) is 5.56 Å². The van der Waals surface area contributed by atoms with Crippen molar-refractivity contribution < 1.29 is 4.79 Å². The minimum Gasteiger partial charge on any atom is -0.289 e. The van der Waals surface area contributed by atoms with E-state index in [-0.39, 0.29) is 5.78 Å². The van der Waals surface area contributed by atoms with Crippen molar-refractivity contribution in [1.29, 1.82) is 0 Å². The van der Waals surface area contributed by atoms with Gasteiger partial charge >= 0.3 is 0 Å². The molecule has 0 atom stereocenters. The molecular formula is C21H18O. The molecule has 3 rings (SSSR count). The molecule has 0 spiro atoms. The van der Waals surface area contributed by atoms with Crippen molar-refractivity contribution in [1.82, 2.24) is 0 Å². The molecule has 0 saturated heterocycles. The number of rotatable bonds is 3. The smallest absolute Gasteiger partial charge is 0.185 e. The molecule has 0 saturated carbocycles. The van der Waals surface area contributed by atoms with Gasteiger partial charge < -0.3 is 0 Å². The molecule has 0 aromatic heterocycles. The van der Waals surface area contributed by atoms with Crippen LogP contribution in [-0.4, -0.2) is 5.78 Å². The maximum absolute atomic E-state index is 12.4. The van der Waals surface area contributed by atoms with Gasteiger partial charge in [-0.25, -0.2) is 0 Å². The summed E-state index contributed by atoms with van der Waals surface area (Å²) in [5.41, 5.74) is 4.19. The number of ketones is 1. The van der Waals surface area contributed by atoms with E-state index in [9.17, 15) is 4.79 Å². The van der Waals surface area contributed by atoms with Crippen LogP contribution in [0.3, 0.4) is 0 Å². The quantitative estimate of drug-likeness (QED) is 0.468. The van der Waals surface area contributed by atoms with Gasteiger partial charge in [0.2, 0.25) is 0 Å². The van der Waals surface area contributed by atoms with Crippen molar-refractivity contribution in [2.24, 2.45) is 0 Å². The third-order valence-corrected chi connectivity index (χ3v) is 3.88. The zero-order valence-electron chi connectivity index (χ0n) is 12.8. The fourth-order valence-electron chi connectivity index (χ4n) is 2.54. The molecule has 0 aliphatic heterocycles. The second kappa shape index (κ2) is 5.98. The zero-order chi connectivity index (χ0) is 15.5.